The summed E-state index contributed by atoms with van der Waals surface area (Å²) in [6, 6.07) is 6.62. The molecule has 0 aliphatic rings. The van der Waals surface area contributed by atoms with Crippen LogP contribution in [0.15, 0.2) is 30.6 Å². The second kappa shape index (κ2) is 7.32. The van der Waals surface area contributed by atoms with Crippen molar-refractivity contribution in [3.8, 4) is 5.69 Å². The number of hydrogen-bond donors (Lipinski definition) is 1. The van der Waals surface area contributed by atoms with Crippen LogP contribution in [0.2, 0.25) is 0 Å². The lowest BCUT2D eigenvalue weighted by atomic mass is 10.1. The maximum Gasteiger partial charge on any atom is 0.340 e. The highest BCUT2D eigenvalue weighted by Gasteiger charge is 2.22. The zero-order chi connectivity index (χ0) is 19.6. The molecule has 0 spiro atoms. The van der Waals surface area contributed by atoms with E-state index in [0.717, 1.165) is 0 Å². The van der Waals surface area contributed by atoms with Crippen LogP contribution in [0.3, 0.4) is 0 Å². The van der Waals surface area contributed by atoms with Gasteiger partial charge in [-0.25, -0.2) is 4.79 Å². The van der Waals surface area contributed by atoms with Crippen LogP contribution in [0, 0.1) is 13.8 Å². The summed E-state index contributed by atoms with van der Waals surface area (Å²) in [6.07, 6.45) is 1.35. The molecule has 138 valence electrons. The third-order valence-corrected chi connectivity index (χ3v) is 4.12. The normalized spacial score (nSPS) is 10.6. The highest BCUT2D eigenvalue weighted by atomic mass is 16.5. The number of aryl methyl sites for hydroxylation is 1. The molecule has 9 heteroatoms. The Balaban J connectivity index is 1.77. The first-order valence-electron chi connectivity index (χ1n) is 8.13. The number of para-hydroxylation sites is 1. The van der Waals surface area contributed by atoms with Crippen LogP contribution >= 0.6 is 0 Å². The molecule has 1 N–H and O–H groups in total. The van der Waals surface area contributed by atoms with Gasteiger partial charge in [0.15, 0.2) is 12.4 Å². The van der Waals surface area contributed by atoms with Crippen molar-refractivity contribution in [2.24, 2.45) is 0 Å². The Morgan fingerprint density at radius 2 is 1.93 bits per heavy atom. The molecular formula is C18H17N5O4. The fraction of sp³-hybridized carbons (Fsp3) is 0.222. The van der Waals surface area contributed by atoms with Gasteiger partial charge in [-0.15, -0.1) is 5.10 Å². The molecule has 0 fully saturated rings. The average molecular weight is 367 g/mol. The predicted octanol–water partition coefficient (Wildman–Crippen LogP) is 1.85. The first-order chi connectivity index (χ1) is 12.9. The van der Waals surface area contributed by atoms with Gasteiger partial charge in [0.25, 0.3) is 0 Å². The van der Waals surface area contributed by atoms with Crippen molar-refractivity contribution in [2.45, 2.75) is 20.8 Å². The van der Waals surface area contributed by atoms with E-state index in [1.807, 2.05) is 0 Å². The number of carbonyl (C=O) groups excluding carboxylic acids is 3. The van der Waals surface area contributed by atoms with E-state index in [-0.39, 0.29) is 17.0 Å². The maximum absolute atomic E-state index is 12.4. The van der Waals surface area contributed by atoms with Crippen molar-refractivity contribution in [1.82, 2.24) is 25.2 Å². The first-order valence-corrected chi connectivity index (χ1v) is 8.13. The second-order valence-corrected chi connectivity index (χ2v) is 5.95. The van der Waals surface area contributed by atoms with E-state index in [9.17, 15) is 14.4 Å². The predicted molar refractivity (Wildman–Crippen MR) is 94.0 cm³/mol. The number of aromatic nitrogens is 5. The zero-order valence-electron chi connectivity index (χ0n) is 15.0. The lowest BCUT2D eigenvalue weighted by Crippen LogP contribution is -2.17. The number of nitrogens with one attached hydrogen (secondary N) is 1. The van der Waals surface area contributed by atoms with Gasteiger partial charge in [0, 0.05) is 11.3 Å². The van der Waals surface area contributed by atoms with Crippen molar-refractivity contribution in [2.75, 3.05) is 6.61 Å². The molecule has 0 saturated heterocycles. The first kappa shape index (κ1) is 18.2. The van der Waals surface area contributed by atoms with E-state index in [2.05, 4.69) is 20.5 Å². The van der Waals surface area contributed by atoms with Gasteiger partial charge in [-0.2, -0.15) is 4.68 Å². The molecule has 9 nitrogen and oxygen atoms in total. The topological polar surface area (TPSA) is 120 Å². The molecule has 2 aromatic heterocycles. The summed E-state index contributed by atoms with van der Waals surface area (Å²) in [5.41, 5.74) is 2.56. The molecular weight excluding hydrogens is 350 g/mol. The Labute approximate surface area is 154 Å². The number of benzene rings is 1. The standard InChI is InChI=1S/C18H17N5O4/c1-10-16(12(3)24)11(2)20-17(10)15(25)8-27-18(26)13-6-4-5-7-14(13)23-9-19-21-22-23/h4-7,9,20H,8H2,1-3H3. The minimum atomic E-state index is -0.679. The average Bonchev–Trinajstić information content (AvgIpc) is 3.27. The molecule has 0 aliphatic heterocycles. The Morgan fingerprint density at radius 1 is 1.19 bits per heavy atom. The molecule has 0 aliphatic carbocycles. The molecule has 0 amide bonds. The Bertz CT molecular complexity index is 1020. The van der Waals surface area contributed by atoms with Gasteiger partial charge in [0.2, 0.25) is 5.78 Å². The van der Waals surface area contributed by atoms with E-state index in [1.54, 1.807) is 38.1 Å². The number of Topliss-reactive ketones (excluding diaryl/α,β-unsaturated/α-hetero) is 2. The molecule has 3 rings (SSSR count). The van der Waals surface area contributed by atoms with E-state index in [1.165, 1.54) is 17.9 Å². The summed E-state index contributed by atoms with van der Waals surface area (Å²) in [4.78, 5) is 39.5. The Hall–Kier alpha value is -3.62. The van der Waals surface area contributed by atoms with Crippen LogP contribution in [-0.4, -0.2) is 49.3 Å². The van der Waals surface area contributed by atoms with E-state index in [0.29, 0.717) is 22.5 Å². The number of rotatable bonds is 6. The molecule has 2 heterocycles. The second-order valence-electron chi connectivity index (χ2n) is 5.95. The minimum Gasteiger partial charge on any atom is -0.454 e. The molecule has 0 radical (unpaired) electrons. The summed E-state index contributed by atoms with van der Waals surface area (Å²) < 4.78 is 6.50. The monoisotopic (exact) mass is 367 g/mol. The SMILES string of the molecule is CC(=O)c1c(C)[nH]c(C(=O)COC(=O)c2ccccc2-n2cnnn2)c1C. The third-order valence-electron chi connectivity index (χ3n) is 4.12. The van der Waals surface area contributed by atoms with Crippen LogP contribution in [0.25, 0.3) is 5.69 Å². The van der Waals surface area contributed by atoms with Crippen LogP contribution in [0.1, 0.15) is 49.4 Å². The maximum atomic E-state index is 12.4. The molecule has 3 aromatic rings. The number of H-pyrrole nitrogens is 1. The number of carbonyl (C=O) groups is 3. The summed E-state index contributed by atoms with van der Waals surface area (Å²) >= 11 is 0. The van der Waals surface area contributed by atoms with Crippen molar-refractivity contribution in [1.29, 1.82) is 0 Å². The van der Waals surface area contributed by atoms with Gasteiger partial charge < -0.3 is 9.72 Å². The van der Waals surface area contributed by atoms with E-state index >= 15 is 0 Å². The van der Waals surface area contributed by atoms with E-state index < -0.39 is 18.4 Å². The zero-order valence-corrected chi connectivity index (χ0v) is 15.0. The molecule has 0 saturated carbocycles. The van der Waals surface area contributed by atoms with Gasteiger partial charge in [0.1, 0.15) is 6.33 Å². The third kappa shape index (κ3) is 3.52. The van der Waals surface area contributed by atoms with Gasteiger partial charge in [0.05, 0.1) is 16.9 Å². The van der Waals surface area contributed by atoms with Crippen LogP contribution in [-0.2, 0) is 4.74 Å². The molecule has 27 heavy (non-hydrogen) atoms. The van der Waals surface area contributed by atoms with Crippen molar-refractivity contribution < 1.29 is 19.1 Å². The fourth-order valence-corrected chi connectivity index (χ4v) is 2.96. The molecule has 0 unspecified atom stereocenters. The van der Waals surface area contributed by atoms with E-state index in [4.69, 9.17) is 4.74 Å². The number of ketones is 2. The number of nitrogens with zero attached hydrogens (tertiary/aromatic N) is 4. The van der Waals surface area contributed by atoms with Crippen molar-refractivity contribution >= 4 is 17.5 Å². The summed E-state index contributed by atoms with van der Waals surface area (Å²) in [7, 11) is 0. The molecule has 0 bridgehead atoms. The highest BCUT2D eigenvalue weighted by Crippen LogP contribution is 2.19. The quantitative estimate of drug-likeness (QED) is 0.521. The molecule has 0 atom stereocenters. The number of ether oxygens (including phenoxy) is 1. The van der Waals surface area contributed by atoms with Gasteiger partial charge >= 0.3 is 5.97 Å². The van der Waals surface area contributed by atoms with Crippen molar-refractivity contribution in [3.05, 3.63) is 58.7 Å². The van der Waals surface area contributed by atoms with Gasteiger partial charge in [-0.1, -0.05) is 12.1 Å². The number of aromatic amines is 1. The lowest BCUT2D eigenvalue weighted by Gasteiger charge is -2.08. The van der Waals surface area contributed by atoms with Crippen LogP contribution < -0.4 is 0 Å². The van der Waals surface area contributed by atoms with Crippen LogP contribution in [0.5, 0.6) is 0 Å². The summed E-state index contributed by atoms with van der Waals surface area (Å²) in [6.45, 7) is 4.38. The highest BCUT2D eigenvalue weighted by molar-refractivity contribution is 6.04. The smallest absolute Gasteiger partial charge is 0.340 e. The summed E-state index contributed by atoms with van der Waals surface area (Å²) in [5, 5.41) is 10.8. The molecule has 1 aromatic carbocycles. The van der Waals surface area contributed by atoms with Crippen molar-refractivity contribution in [3.63, 3.8) is 0 Å². The summed E-state index contributed by atoms with van der Waals surface area (Å²) in [5.74, 6) is -1.23. The number of esters is 1. The minimum absolute atomic E-state index is 0.132. The van der Waals surface area contributed by atoms with Gasteiger partial charge in [-0.3, -0.25) is 9.59 Å². The van der Waals surface area contributed by atoms with Crippen LogP contribution in [0.4, 0.5) is 0 Å². The Morgan fingerprint density at radius 3 is 2.56 bits per heavy atom. The van der Waals surface area contributed by atoms with Gasteiger partial charge in [-0.05, 0) is 48.9 Å². The number of tetrazole rings is 1. The fourth-order valence-electron chi connectivity index (χ4n) is 2.96. The number of hydrogen-bond acceptors (Lipinski definition) is 7. The largest absolute Gasteiger partial charge is 0.454 e. The lowest BCUT2D eigenvalue weighted by molar-refractivity contribution is 0.0473. The Kier molecular flexibility index (Phi) is 4.93.